The van der Waals surface area contributed by atoms with E-state index in [1.54, 1.807) is 0 Å². The summed E-state index contributed by atoms with van der Waals surface area (Å²) in [5.74, 6) is 0. The van der Waals surface area contributed by atoms with Gasteiger partial charge in [-0.25, -0.2) is 0 Å². The number of hydrogen-bond donors (Lipinski definition) is 0. The van der Waals surface area contributed by atoms with Gasteiger partial charge in [-0.2, -0.15) is 5.26 Å². The van der Waals surface area contributed by atoms with Crippen molar-refractivity contribution in [1.29, 1.82) is 5.26 Å². The summed E-state index contributed by atoms with van der Waals surface area (Å²) in [6.45, 7) is 5.84. The minimum absolute atomic E-state index is 0.140. The van der Waals surface area contributed by atoms with Crippen molar-refractivity contribution in [2.75, 3.05) is 31.1 Å². The Kier molecular flexibility index (Phi) is 4.41. The van der Waals surface area contributed by atoms with E-state index in [9.17, 15) is 5.26 Å². The van der Waals surface area contributed by atoms with Crippen molar-refractivity contribution in [3.05, 3.63) is 65.7 Å². The van der Waals surface area contributed by atoms with Gasteiger partial charge in [-0.3, -0.25) is 4.90 Å². The van der Waals surface area contributed by atoms with E-state index in [1.165, 1.54) is 11.3 Å². The molecule has 1 saturated heterocycles. The molecule has 2 aromatic carbocycles. The van der Waals surface area contributed by atoms with E-state index >= 15 is 0 Å². The molecule has 3 heteroatoms. The number of rotatable bonds is 3. The Morgan fingerprint density at radius 1 is 0.909 bits per heavy atom. The maximum absolute atomic E-state index is 9.58. The van der Waals surface area contributed by atoms with Gasteiger partial charge in [0.05, 0.1) is 6.07 Å². The van der Waals surface area contributed by atoms with Crippen molar-refractivity contribution >= 4 is 5.69 Å². The summed E-state index contributed by atoms with van der Waals surface area (Å²) in [7, 11) is 0. The zero-order valence-corrected chi connectivity index (χ0v) is 12.9. The largest absolute Gasteiger partial charge is 0.369 e. The van der Waals surface area contributed by atoms with Crippen molar-refractivity contribution in [2.24, 2.45) is 0 Å². The van der Waals surface area contributed by atoms with Crippen molar-refractivity contribution < 1.29 is 0 Å². The van der Waals surface area contributed by atoms with E-state index in [4.69, 9.17) is 0 Å². The Hall–Kier alpha value is -2.31. The quantitative estimate of drug-likeness (QED) is 0.868. The van der Waals surface area contributed by atoms with Crippen LogP contribution in [0.1, 0.15) is 17.2 Å². The van der Waals surface area contributed by atoms with Gasteiger partial charge in [0.15, 0.2) is 0 Å². The van der Waals surface area contributed by atoms with E-state index in [-0.39, 0.29) is 6.04 Å². The lowest BCUT2D eigenvalue weighted by molar-refractivity contribution is 0.222. The fraction of sp³-hybridized carbons (Fsp3) is 0.316. The fourth-order valence-electron chi connectivity index (χ4n) is 2.99. The molecular formula is C19H21N3. The van der Waals surface area contributed by atoms with Gasteiger partial charge >= 0.3 is 0 Å². The number of nitrogens with zero attached hydrogens (tertiary/aromatic N) is 3. The fourth-order valence-corrected chi connectivity index (χ4v) is 2.99. The Bertz CT molecular complexity index is 635. The number of benzene rings is 2. The van der Waals surface area contributed by atoms with Gasteiger partial charge in [0.25, 0.3) is 0 Å². The molecule has 0 bridgehead atoms. The Morgan fingerprint density at radius 2 is 1.55 bits per heavy atom. The molecule has 0 saturated carbocycles. The third kappa shape index (κ3) is 3.13. The van der Waals surface area contributed by atoms with Crippen LogP contribution in [0, 0.1) is 18.3 Å². The van der Waals surface area contributed by atoms with Crippen LogP contribution >= 0.6 is 0 Å². The lowest BCUT2D eigenvalue weighted by atomic mass is 10.0. The van der Waals surface area contributed by atoms with Crippen LogP contribution in [-0.4, -0.2) is 31.1 Å². The second-order valence-electron chi connectivity index (χ2n) is 5.80. The molecule has 0 aliphatic carbocycles. The van der Waals surface area contributed by atoms with Gasteiger partial charge in [-0.1, -0.05) is 48.0 Å². The van der Waals surface area contributed by atoms with Gasteiger partial charge in [-0.15, -0.1) is 0 Å². The Balaban J connectivity index is 1.67. The molecule has 3 rings (SSSR count). The number of nitriles is 1. The smallest absolute Gasteiger partial charge is 0.123 e. The highest BCUT2D eigenvalue weighted by Gasteiger charge is 2.24. The molecule has 0 N–H and O–H groups in total. The van der Waals surface area contributed by atoms with Crippen LogP contribution in [0.5, 0.6) is 0 Å². The highest BCUT2D eigenvalue weighted by molar-refractivity contribution is 5.46. The molecule has 1 unspecified atom stereocenters. The summed E-state index contributed by atoms with van der Waals surface area (Å²) in [5.41, 5.74) is 3.60. The molecule has 1 fully saturated rings. The minimum Gasteiger partial charge on any atom is -0.369 e. The average molecular weight is 291 g/mol. The molecule has 3 nitrogen and oxygen atoms in total. The number of hydrogen-bond acceptors (Lipinski definition) is 3. The van der Waals surface area contributed by atoms with Gasteiger partial charge in [-0.05, 0) is 24.6 Å². The highest BCUT2D eigenvalue weighted by atomic mass is 15.3. The van der Waals surface area contributed by atoms with E-state index in [1.807, 2.05) is 6.07 Å². The number of anilines is 1. The lowest BCUT2D eigenvalue weighted by Gasteiger charge is -2.38. The van der Waals surface area contributed by atoms with Crippen LogP contribution in [0.2, 0.25) is 0 Å². The van der Waals surface area contributed by atoms with E-state index in [0.717, 1.165) is 31.7 Å². The molecule has 0 radical (unpaired) electrons. The normalized spacial score (nSPS) is 17.0. The topological polar surface area (TPSA) is 30.3 Å². The predicted octanol–water partition coefficient (Wildman–Crippen LogP) is 3.38. The first-order valence-electron chi connectivity index (χ1n) is 7.78. The van der Waals surface area contributed by atoms with Crippen molar-refractivity contribution in [1.82, 2.24) is 4.90 Å². The molecule has 1 heterocycles. The van der Waals surface area contributed by atoms with Crippen LogP contribution < -0.4 is 4.90 Å². The van der Waals surface area contributed by atoms with Gasteiger partial charge < -0.3 is 4.90 Å². The molecule has 1 atom stereocenters. The molecule has 0 spiro atoms. The van der Waals surface area contributed by atoms with Crippen LogP contribution in [-0.2, 0) is 0 Å². The van der Waals surface area contributed by atoms with E-state index in [0.29, 0.717) is 0 Å². The summed E-state index contributed by atoms with van der Waals surface area (Å²) < 4.78 is 0. The lowest BCUT2D eigenvalue weighted by Crippen LogP contribution is -2.47. The van der Waals surface area contributed by atoms with Gasteiger partial charge in [0, 0.05) is 31.9 Å². The van der Waals surface area contributed by atoms with E-state index in [2.05, 4.69) is 71.3 Å². The number of para-hydroxylation sites is 1. The Labute approximate surface area is 132 Å². The highest BCUT2D eigenvalue weighted by Crippen LogP contribution is 2.24. The summed E-state index contributed by atoms with van der Waals surface area (Å²) in [6.07, 6.45) is 0. The van der Waals surface area contributed by atoms with E-state index < -0.39 is 0 Å². The van der Waals surface area contributed by atoms with Crippen molar-refractivity contribution in [2.45, 2.75) is 13.0 Å². The minimum atomic E-state index is -0.140. The summed E-state index contributed by atoms with van der Waals surface area (Å²) in [4.78, 5) is 4.67. The molecule has 1 aliphatic rings. The van der Waals surface area contributed by atoms with Crippen LogP contribution in [0.15, 0.2) is 54.6 Å². The maximum atomic E-state index is 9.58. The SMILES string of the molecule is Cc1ccc(C(C#N)N2CCN(c3ccccc3)CC2)cc1. The predicted molar refractivity (Wildman–Crippen MR) is 89.8 cm³/mol. The van der Waals surface area contributed by atoms with Crippen molar-refractivity contribution in [3.8, 4) is 6.07 Å². The first-order valence-corrected chi connectivity index (χ1v) is 7.78. The third-order valence-electron chi connectivity index (χ3n) is 4.32. The van der Waals surface area contributed by atoms with Crippen LogP contribution in [0.3, 0.4) is 0 Å². The second kappa shape index (κ2) is 6.64. The average Bonchev–Trinajstić information content (AvgIpc) is 2.59. The van der Waals surface area contributed by atoms with Crippen LogP contribution in [0.4, 0.5) is 5.69 Å². The molecule has 1 aliphatic heterocycles. The van der Waals surface area contributed by atoms with Gasteiger partial charge in [0.1, 0.15) is 6.04 Å². The summed E-state index contributed by atoms with van der Waals surface area (Å²) >= 11 is 0. The molecule has 2 aromatic rings. The maximum Gasteiger partial charge on any atom is 0.123 e. The zero-order chi connectivity index (χ0) is 15.4. The molecule has 0 aromatic heterocycles. The zero-order valence-electron chi connectivity index (χ0n) is 12.9. The number of piperazine rings is 1. The van der Waals surface area contributed by atoms with Crippen LogP contribution in [0.25, 0.3) is 0 Å². The summed E-state index contributed by atoms with van der Waals surface area (Å²) in [5, 5.41) is 9.58. The molecule has 0 amide bonds. The molecule has 112 valence electrons. The third-order valence-corrected chi connectivity index (χ3v) is 4.32. The number of aryl methyl sites for hydroxylation is 1. The molecule has 22 heavy (non-hydrogen) atoms. The monoisotopic (exact) mass is 291 g/mol. The first kappa shape index (κ1) is 14.6. The molecular weight excluding hydrogens is 270 g/mol. The Morgan fingerprint density at radius 3 is 2.14 bits per heavy atom. The van der Waals surface area contributed by atoms with Crippen molar-refractivity contribution in [3.63, 3.8) is 0 Å². The summed E-state index contributed by atoms with van der Waals surface area (Å²) in [6, 6.07) is 21.1. The standard InChI is InChI=1S/C19H21N3/c1-16-7-9-17(10-8-16)19(15-20)22-13-11-21(12-14-22)18-5-3-2-4-6-18/h2-10,19H,11-14H2,1H3. The second-order valence-corrected chi connectivity index (χ2v) is 5.80. The van der Waals surface area contributed by atoms with Gasteiger partial charge in [0.2, 0.25) is 0 Å². The first-order chi connectivity index (χ1) is 10.8.